The van der Waals surface area contributed by atoms with Crippen molar-refractivity contribution in [2.45, 2.75) is 50.7 Å². The van der Waals surface area contributed by atoms with Gasteiger partial charge in [0, 0.05) is 42.5 Å². The molecule has 0 radical (unpaired) electrons. The summed E-state index contributed by atoms with van der Waals surface area (Å²) in [6.45, 7) is 3.95. The van der Waals surface area contributed by atoms with Crippen LogP contribution < -0.4 is 10.6 Å². The van der Waals surface area contributed by atoms with Crippen LogP contribution in [0.25, 0.3) is 21.9 Å². The first-order valence-corrected chi connectivity index (χ1v) is 10.1. The number of hydrogen-bond acceptors (Lipinski definition) is 5. The molecule has 4 N–H and O–H groups in total. The lowest BCUT2D eigenvalue weighted by Crippen LogP contribution is -2.53. The first kappa shape index (κ1) is 21.0. The maximum absolute atomic E-state index is 13.1. The quantitative estimate of drug-likeness (QED) is 0.479. The van der Waals surface area contributed by atoms with Crippen molar-refractivity contribution in [3.63, 3.8) is 0 Å². The van der Waals surface area contributed by atoms with E-state index in [0.717, 1.165) is 10.9 Å². The Hall–Kier alpha value is -3.25. The number of aromatic nitrogens is 2. The highest BCUT2D eigenvalue weighted by Crippen LogP contribution is 2.47. The number of aromatic amines is 1. The Morgan fingerprint density at radius 1 is 1.39 bits per heavy atom. The van der Waals surface area contributed by atoms with E-state index in [1.54, 1.807) is 12.1 Å². The number of benzene rings is 1. The average molecular weight is 427 g/mol. The Kier molecular flexibility index (Phi) is 5.06. The summed E-state index contributed by atoms with van der Waals surface area (Å²) < 4.78 is 26.1. The number of rotatable bonds is 6. The van der Waals surface area contributed by atoms with Crippen LogP contribution in [0.1, 0.15) is 49.0 Å². The SMILES string of the molecule is CC(C)Nc1c(C(=O)NCCC2(O)CC(F)(F)C2)cnc2c1[nH]c1cc(C#N)ccc12. The van der Waals surface area contributed by atoms with Gasteiger partial charge in [-0.3, -0.25) is 9.78 Å². The lowest BCUT2D eigenvalue weighted by atomic mass is 9.74. The molecule has 0 saturated heterocycles. The summed E-state index contributed by atoms with van der Waals surface area (Å²) in [4.78, 5) is 20.6. The van der Waals surface area contributed by atoms with Crippen molar-refractivity contribution in [1.29, 1.82) is 5.26 Å². The van der Waals surface area contributed by atoms with Crippen molar-refractivity contribution >= 4 is 33.5 Å². The van der Waals surface area contributed by atoms with Crippen LogP contribution in [0.15, 0.2) is 24.4 Å². The van der Waals surface area contributed by atoms with Gasteiger partial charge in [-0.2, -0.15) is 5.26 Å². The van der Waals surface area contributed by atoms with Gasteiger partial charge in [-0.05, 0) is 38.5 Å². The van der Waals surface area contributed by atoms with E-state index in [9.17, 15) is 18.7 Å². The van der Waals surface area contributed by atoms with Crippen molar-refractivity contribution in [3.05, 3.63) is 35.5 Å². The topological polar surface area (TPSA) is 114 Å². The van der Waals surface area contributed by atoms with Gasteiger partial charge >= 0.3 is 0 Å². The van der Waals surface area contributed by atoms with Crippen LogP contribution in [0, 0.1) is 11.3 Å². The standard InChI is InChI=1S/C22H23F2N5O2/c1-12(2)28-18-15(20(30)26-6-5-21(31)10-22(23,24)11-21)9-27-17-14-4-3-13(8-25)7-16(14)29-19(17)18/h3-4,7,9,12,29,31H,5-6,10-11H2,1-2H3,(H,26,30)(H,27,28). The van der Waals surface area contributed by atoms with E-state index in [1.165, 1.54) is 6.20 Å². The van der Waals surface area contributed by atoms with Crippen LogP contribution in [0.2, 0.25) is 0 Å². The molecule has 0 spiro atoms. The van der Waals surface area contributed by atoms with Crippen molar-refractivity contribution in [3.8, 4) is 6.07 Å². The number of carbonyl (C=O) groups is 1. The third-order valence-electron chi connectivity index (χ3n) is 5.47. The molecular weight excluding hydrogens is 404 g/mol. The maximum Gasteiger partial charge on any atom is 0.255 e. The monoisotopic (exact) mass is 427 g/mol. The molecule has 4 rings (SSSR count). The summed E-state index contributed by atoms with van der Waals surface area (Å²) in [7, 11) is 0. The number of aliphatic hydroxyl groups is 1. The Balaban J connectivity index is 1.62. The zero-order valence-electron chi connectivity index (χ0n) is 17.2. The van der Waals surface area contributed by atoms with Gasteiger partial charge in [-0.15, -0.1) is 0 Å². The van der Waals surface area contributed by atoms with Gasteiger partial charge in [0.1, 0.15) is 0 Å². The van der Waals surface area contributed by atoms with Crippen LogP contribution in [0.3, 0.4) is 0 Å². The second-order valence-electron chi connectivity index (χ2n) is 8.51. The third-order valence-corrected chi connectivity index (χ3v) is 5.47. The molecular formula is C22H23F2N5O2. The molecule has 9 heteroatoms. The van der Waals surface area contributed by atoms with E-state index in [2.05, 4.69) is 26.7 Å². The van der Waals surface area contributed by atoms with E-state index in [-0.39, 0.29) is 19.0 Å². The third kappa shape index (κ3) is 4.03. The molecule has 1 amide bonds. The molecule has 0 unspecified atom stereocenters. The fourth-order valence-corrected chi connectivity index (χ4v) is 4.10. The number of halogens is 2. The molecule has 1 aliphatic carbocycles. The van der Waals surface area contributed by atoms with E-state index in [4.69, 9.17) is 5.26 Å². The molecule has 31 heavy (non-hydrogen) atoms. The van der Waals surface area contributed by atoms with Crippen LogP contribution in [-0.4, -0.2) is 45.1 Å². The second-order valence-corrected chi connectivity index (χ2v) is 8.51. The molecule has 3 aromatic rings. The number of anilines is 1. The van der Waals surface area contributed by atoms with E-state index >= 15 is 0 Å². The first-order valence-electron chi connectivity index (χ1n) is 10.1. The number of H-pyrrole nitrogens is 1. The van der Waals surface area contributed by atoms with Gasteiger partial charge in [0.05, 0.1) is 39.5 Å². The molecule has 2 aromatic heterocycles. The molecule has 1 saturated carbocycles. The zero-order chi connectivity index (χ0) is 22.4. The van der Waals surface area contributed by atoms with Crippen molar-refractivity contribution in [1.82, 2.24) is 15.3 Å². The summed E-state index contributed by atoms with van der Waals surface area (Å²) >= 11 is 0. The molecule has 1 fully saturated rings. The molecule has 1 aromatic carbocycles. The van der Waals surface area contributed by atoms with Crippen LogP contribution >= 0.6 is 0 Å². The predicted molar refractivity (Wildman–Crippen MR) is 113 cm³/mol. The summed E-state index contributed by atoms with van der Waals surface area (Å²) in [5, 5.41) is 26.0. The summed E-state index contributed by atoms with van der Waals surface area (Å²) in [5.74, 6) is -3.24. The molecule has 7 nitrogen and oxygen atoms in total. The Morgan fingerprint density at radius 2 is 2.13 bits per heavy atom. The molecule has 0 aliphatic heterocycles. The highest BCUT2D eigenvalue weighted by molar-refractivity contribution is 6.13. The Morgan fingerprint density at radius 3 is 2.77 bits per heavy atom. The van der Waals surface area contributed by atoms with Gasteiger partial charge in [0.2, 0.25) is 0 Å². The highest BCUT2D eigenvalue weighted by Gasteiger charge is 2.55. The van der Waals surface area contributed by atoms with Crippen molar-refractivity contribution in [2.75, 3.05) is 11.9 Å². The number of nitrogens with one attached hydrogen (secondary N) is 3. The molecule has 162 valence electrons. The molecule has 1 aliphatic rings. The number of amides is 1. The van der Waals surface area contributed by atoms with Gasteiger partial charge in [-0.25, -0.2) is 8.78 Å². The number of nitriles is 1. The zero-order valence-corrected chi connectivity index (χ0v) is 17.2. The lowest BCUT2D eigenvalue weighted by Gasteiger charge is -2.43. The summed E-state index contributed by atoms with van der Waals surface area (Å²) in [6, 6.07) is 7.38. The smallest absolute Gasteiger partial charge is 0.255 e. The average Bonchev–Trinajstić information content (AvgIpc) is 3.04. The maximum atomic E-state index is 13.1. The highest BCUT2D eigenvalue weighted by atomic mass is 19.3. The molecule has 0 atom stereocenters. The number of nitrogens with zero attached hydrogens (tertiary/aromatic N) is 2. The van der Waals surface area contributed by atoms with E-state index in [1.807, 2.05) is 19.9 Å². The Labute approximate surface area is 177 Å². The fourth-order valence-electron chi connectivity index (χ4n) is 4.10. The first-order chi connectivity index (χ1) is 14.6. The van der Waals surface area contributed by atoms with Gasteiger partial charge < -0.3 is 20.7 Å². The Bertz CT molecular complexity index is 1200. The molecule has 2 heterocycles. The minimum absolute atomic E-state index is 0.0242. The largest absolute Gasteiger partial charge is 0.389 e. The normalized spacial score (nSPS) is 16.8. The number of carbonyl (C=O) groups excluding carboxylic acids is 1. The minimum Gasteiger partial charge on any atom is -0.389 e. The predicted octanol–water partition coefficient (Wildman–Crippen LogP) is 3.69. The van der Waals surface area contributed by atoms with Gasteiger partial charge in [0.15, 0.2) is 0 Å². The lowest BCUT2D eigenvalue weighted by molar-refractivity contribution is -0.206. The summed E-state index contributed by atoms with van der Waals surface area (Å²) in [5.41, 5.74) is 2.00. The van der Waals surface area contributed by atoms with E-state index < -0.39 is 30.3 Å². The van der Waals surface area contributed by atoms with Crippen LogP contribution in [-0.2, 0) is 0 Å². The van der Waals surface area contributed by atoms with Crippen LogP contribution in [0.4, 0.5) is 14.5 Å². The van der Waals surface area contributed by atoms with Crippen LogP contribution in [0.5, 0.6) is 0 Å². The number of pyridine rings is 1. The molecule has 0 bridgehead atoms. The van der Waals surface area contributed by atoms with Gasteiger partial charge in [-0.1, -0.05) is 0 Å². The van der Waals surface area contributed by atoms with Gasteiger partial charge in [0.25, 0.3) is 11.8 Å². The van der Waals surface area contributed by atoms with E-state index in [0.29, 0.717) is 27.8 Å². The summed E-state index contributed by atoms with van der Waals surface area (Å²) in [6.07, 6.45) is 0.368. The fraction of sp³-hybridized carbons (Fsp3) is 0.409. The number of fused-ring (bicyclic) bond motifs is 3. The second kappa shape index (κ2) is 7.46. The number of hydrogen-bond donors (Lipinski definition) is 4. The minimum atomic E-state index is -2.83. The van der Waals surface area contributed by atoms with Crippen molar-refractivity contribution in [2.24, 2.45) is 0 Å². The van der Waals surface area contributed by atoms with Crippen molar-refractivity contribution < 1.29 is 18.7 Å². The number of alkyl halides is 2.